The third kappa shape index (κ3) is 5.61. The lowest BCUT2D eigenvalue weighted by Crippen LogP contribution is -2.29. The predicted octanol–water partition coefficient (Wildman–Crippen LogP) is 3.69. The van der Waals surface area contributed by atoms with Crippen molar-refractivity contribution in [2.75, 3.05) is 5.32 Å². The van der Waals surface area contributed by atoms with Gasteiger partial charge in [-0.15, -0.1) is 13.2 Å². The maximum atomic E-state index is 12.1. The van der Waals surface area contributed by atoms with Crippen molar-refractivity contribution in [3.63, 3.8) is 0 Å². The molecule has 0 spiro atoms. The molecule has 0 aliphatic heterocycles. The smallest absolute Gasteiger partial charge is 0.431 e. The van der Waals surface area contributed by atoms with Crippen LogP contribution >= 0.6 is 0 Å². The van der Waals surface area contributed by atoms with E-state index in [1.54, 1.807) is 0 Å². The average molecular weight is 339 g/mol. The van der Waals surface area contributed by atoms with Crippen molar-refractivity contribution in [2.45, 2.75) is 19.2 Å². The molecular formula is C10H5F8NO3. The largest absolute Gasteiger partial charge is 0.573 e. The van der Waals surface area contributed by atoms with Crippen LogP contribution in [-0.2, 0) is 4.79 Å². The Hall–Kier alpha value is -2.27. The number of carbonyl (C=O) groups excluding carboxylic acids is 1. The number of hydrogen-bond acceptors (Lipinski definition) is 3. The van der Waals surface area contributed by atoms with Crippen LogP contribution < -0.4 is 14.8 Å². The lowest BCUT2D eigenvalue weighted by molar-refractivity contribution is -0.275. The second kappa shape index (κ2) is 6.23. The number of amides is 1. The van der Waals surface area contributed by atoms with Gasteiger partial charge in [-0.3, -0.25) is 4.79 Å². The summed E-state index contributed by atoms with van der Waals surface area (Å²) in [5, 5.41) is 1.26. The van der Waals surface area contributed by atoms with E-state index >= 15 is 0 Å². The Morgan fingerprint density at radius 2 is 1.64 bits per heavy atom. The van der Waals surface area contributed by atoms with Crippen molar-refractivity contribution < 1.29 is 49.4 Å². The van der Waals surface area contributed by atoms with Gasteiger partial charge in [-0.2, -0.15) is 22.0 Å². The van der Waals surface area contributed by atoms with E-state index in [0.717, 1.165) is 0 Å². The minimum atomic E-state index is -5.27. The van der Waals surface area contributed by atoms with Gasteiger partial charge in [0.05, 0.1) is 0 Å². The molecule has 1 aromatic carbocycles. The normalized spacial score (nSPS) is 12.2. The molecule has 12 heteroatoms. The van der Waals surface area contributed by atoms with Crippen molar-refractivity contribution in [3.05, 3.63) is 18.2 Å². The molecule has 1 aromatic rings. The third-order valence-corrected chi connectivity index (χ3v) is 1.90. The monoisotopic (exact) mass is 339 g/mol. The number of alkyl halides is 8. The first-order valence-electron chi connectivity index (χ1n) is 5.11. The van der Waals surface area contributed by atoms with Gasteiger partial charge in [0.2, 0.25) is 0 Å². The third-order valence-electron chi connectivity index (χ3n) is 1.90. The van der Waals surface area contributed by atoms with E-state index in [2.05, 4.69) is 9.47 Å². The number of nitrogens with one attached hydrogen (secondary N) is 1. The highest BCUT2D eigenvalue weighted by Gasteiger charge is 2.39. The van der Waals surface area contributed by atoms with Crippen LogP contribution in [0.2, 0.25) is 0 Å². The lowest BCUT2D eigenvalue weighted by atomic mass is 10.2. The summed E-state index contributed by atoms with van der Waals surface area (Å²) >= 11 is 0. The fraction of sp³-hybridized carbons (Fsp3) is 0.300. The first-order valence-corrected chi connectivity index (χ1v) is 5.11. The topological polar surface area (TPSA) is 47.6 Å². The van der Waals surface area contributed by atoms with Gasteiger partial charge in [-0.05, 0) is 12.1 Å². The van der Waals surface area contributed by atoms with E-state index in [1.807, 2.05) is 0 Å². The van der Waals surface area contributed by atoms with Crippen molar-refractivity contribution >= 4 is 11.6 Å². The van der Waals surface area contributed by atoms with Gasteiger partial charge in [0, 0.05) is 11.8 Å². The van der Waals surface area contributed by atoms with Crippen molar-refractivity contribution in [3.8, 4) is 11.5 Å². The fourth-order valence-electron chi connectivity index (χ4n) is 1.18. The zero-order chi connectivity index (χ0) is 17.1. The molecule has 0 unspecified atom stereocenters. The van der Waals surface area contributed by atoms with Crippen LogP contribution in [0.15, 0.2) is 18.2 Å². The number of carbonyl (C=O) groups is 1. The molecule has 0 saturated heterocycles. The fourth-order valence-corrected chi connectivity index (χ4v) is 1.18. The summed E-state index contributed by atoms with van der Waals surface area (Å²) in [5.41, 5.74) is -0.715. The standard InChI is InChI=1S/C10H5F8NO3/c11-8(12)21-6-3-4(19-7(20)9(13,14)15)1-2-5(6)22-10(16,17)18/h1-3,8H,(H,19,20). The van der Waals surface area contributed by atoms with Crippen LogP contribution in [0, 0.1) is 0 Å². The van der Waals surface area contributed by atoms with Crippen LogP contribution in [0.25, 0.3) is 0 Å². The zero-order valence-electron chi connectivity index (χ0n) is 10.1. The van der Waals surface area contributed by atoms with Gasteiger partial charge in [0.1, 0.15) is 0 Å². The van der Waals surface area contributed by atoms with Crippen LogP contribution in [-0.4, -0.2) is 25.1 Å². The molecule has 0 bridgehead atoms. The maximum Gasteiger partial charge on any atom is 0.573 e. The highest BCUT2D eigenvalue weighted by atomic mass is 19.4. The summed E-state index contributed by atoms with van der Waals surface area (Å²) in [7, 11) is 0. The first-order chi connectivity index (χ1) is 9.88. The molecule has 0 radical (unpaired) electrons. The summed E-state index contributed by atoms with van der Waals surface area (Å²) in [4.78, 5) is 10.6. The average Bonchev–Trinajstić information content (AvgIpc) is 2.28. The van der Waals surface area contributed by atoms with Gasteiger partial charge in [0.25, 0.3) is 0 Å². The maximum absolute atomic E-state index is 12.1. The lowest BCUT2D eigenvalue weighted by Gasteiger charge is -2.15. The van der Waals surface area contributed by atoms with Gasteiger partial charge in [0.15, 0.2) is 11.5 Å². The number of anilines is 1. The molecule has 0 aliphatic carbocycles. The second-order valence-corrected chi connectivity index (χ2v) is 3.54. The van der Waals surface area contributed by atoms with Crippen LogP contribution in [0.3, 0.4) is 0 Å². The minimum absolute atomic E-state index is 0.330. The molecule has 0 aromatic heterocycles. The quantitative estimate of drug-likeness (QED) is 0.851. The highest BCUT2D eigenvalue weighted by Crippen LogP contribution is 2.35. The number of halogens is 8. The van der Waals surface area contributed by atoms with Gasteiger partial charge in [-0.25, -0.2) is 0 Å². The first kappa shape index (κ1) is 17.8. The molecule has 0 saturated carbocycles. The highest BCUT2D eigenvalue weighted by molar-refractivity contribution is 5.95. The molecule has 124 valence electrons. The molecule has 22 heavy (non-hydrogen) atoms. The molecule has 1 rings (SSSR count). The Labute approximate surface area is 116 Å². The van der Waals surface area contributed by atoms with Gasteiger partial charge < -0.3 is 14.8 Å². The number of ether oxygens (including phenoxy) is 2. The summed E-state index contributed by atoms with van der Waals surface area (Å²) < 4.78 is 103. The molecule has 1 amide bonds. The SMILES string of the molecule is O=C(Nc1ccc(OC(F)(F)F)c(OC(F)F)c1)C(F)(F)F. The van der Waals surface area contributed by atoms with Crippen LogP contribution in [0.1, 0.15) is 0 Å². The number of benzene rings is 1. The van der Waals surface area contributed by atoms with Gasteiger partial charge >= 0.3 is 25.1 Å². The van der Waals surface area contributed by atoms with E-state index in [1.165, 1.54) is 5.32 Å². The molecular weight excluding hydrogens is 334 g/mol. The molecule has 0 aliphatic rings. The van der Waals surface area contributed by atoms with E-state index in [9.17, 15) is 39.9 Å². The molecule has 4 nitrogen and oxygen atoms in total. The van der Waals surface area contributed by atoms with Crippen molar-refractivity contribution in [1.29, 1.82) is 0 Å². The molecule has 0 heterocycles. The van der Waals surface area contributed by atoms with Crippen molar-refractivity contribution in [2.24, 2.45) is 0 Å². The number of hydrogen-bond donors (Lipinski definition) is 1. The summed E-state index contributed by atoms with van der Waals surface area (Å²) in [6.45, 7) is -3.57. The minimum Gasteiger partial charge on any atom is -0.431 e. The van der Waals surface area contributed by atoms with Crippen LogP contribution in [0.4, 0.5) is 40.8 Å². The summed E-state index contributed by atoms with van der Waals surface area (Å²) in [6, 6.07) is 1.33. The van der Waals surface area contributed by atoms with E-state index < -0.39 is 42.2 Å². The summed E-state index contributed by atoms with van der Waals surface area (Å²) in [5.74, 6) is -4.86. The zero-order valence-corrected chi connectivity index (χ0v) is 10.1. The van der Waals surface area contributed by atoms with E-state index in [-0.39, 0.29) is 0 Å². The molecule has 0 atom stereocenters. The Morgan fingerprint density at radius 3 is 2.09 bits per heavy atom. The Morgan fingerprint density at radius 1 is 1.05 bits per heavy atom. The van der Waals surface area contributed by atoms with E-state index in [4.69, 9.17) is 0 Å². The number of rotatable bonds is 4. The Kier molecular flexibility index (Phi) is 5.04. The van der Waals surface area contributed by atoms with Gasteiger partial charge in [-0.1, -0.05) is 0 Å². The molecule has 1 N–H and O–H groups in total. The Bertz CT molecular complexity index is 540. The predicted molar refractivity (Wildman–Crippen MR) is 54.4 cm³/mol. The van der Waals surface area contributed by atoms with E-state index in [0.29, 0.717) is 18.2 Å². The summed E-state index contributed by atoms with van der Waals surface area (Å²) in [6.07, 6.45) is -10.5. The second-order valence-electron chi connectivity index (χ2n) is 3.54. The van der Waals surface area contributed by atoms with Crippen LogP contribution in [0.5, 0.6) is 11.5 Å². The Balaban J connectivity index is 3.06. The molecule has 0 fully saturated rings. The van der Waals surface area contributed by atoms with Crippen molar-refractivity contribution in [1.82, 2.24) is 0 Å².